The van der Waals surface area contributed by atoms with E-state index < -0.39 is 0 Å². The van der Waals surface area contributed by atoms with Gasteiger partial charge in [0.05, 0.1) is 30.6 Å². The molecule has 0 atom stereocenters. The molecule has 1 N–H and O–H groups in total. The third kappa shape index (κ3) is 3.70. The van der Waals surface area contributed by atoms with Crippen LogP contribution in [0.5, 0.6) is 17.2 Å². The quantitative estimate of drug-likeness (QED) is 0.697. The molecule has 3 aromatic rings. The number of fused-ring (bicyclic) bond motifs is 2. The van der Waals surface area contributed by atoms with Crippen LogP contribution in [0.4, 0.5) is 11.4 Å². The predicted molar refractivity (Wildman–Crippen MR) is 122 cm³/mol. The minimum atomic E-state index is -0.0697. The molecule has 31 heavy (non-hydrogen) atoms. The highest BCUT2D eigenvalue weighted by atomic mass is 16.5. The van der Waals surface area contributed by atoms with Crippen LogP contribution in [0.2, 0.25) is 0 Å². The van der Waals surface area contributed by atoms with Gasteiger partial charge in [-0.1, -0.05) is 30.3 Å². The lowest BCUT2D eigenvalue weighted by Crippen LogP contribution is -2.43. The Hall–Kier alpha value is -3.51. The van der Waals surface area contributed by atoms with E-state index in [4.69, 9.17) is 9.47 Å². The van der Waals surface area contributed by atoms with Crippen molar-refractivity contribution in [2.24, 2.45) is 0 Å². The fourth-order valence-electron chi connectivity index (χ4n) is 4.20. The number of hydrogen-bond donors (Lipinski definition) is 1. The average molecular weight is 415 g/mol. The van der Waals surface area contributed by atoms with Gasteiger partial charge in [-0.05, 0) is 42.0 Å². The van der Waals surface area contributed by atoms with E-state index in [-0.39, 0.29) is 5.91 Å². The molecule has 0 spiro atoms. The second kappa shape index (κ2) is 8.32. The van der Waals surface area contributed by atoms with Gasteiger partial charge < -0.3 is 24.6 Å². The van der Waals surface area contributed by atoms with Gasteiger partial charge in [0.25, 0.3) is 5.91 Å². The fraction of sp³-hybridized carbons (Fsp3) is 0.240. The average Bonchev–Trinajstić information content (AvgIpc) is 2.94. The van der Waals surface area contributed by atoms with Gasteiger partial charge in [0.1, 0.15) is 5.75 Å². The lowest BCUT2D eigenvalue weighted by molar-refractivity contribution is 0.0985. The number of piperazine rings is 1. The number of hydrogen-bond acceptors (Lipinski definition) is 5. The molecule has 0 aliphatic carbocycles. The van der Waals surface area contributed by atoms with E-state index in [9.17, 15) is 4.79 Å². The van der Waals surface area contributed by atoms with Gasteiger partial charge in [0, 0.05) is 26.2 Å². The van der Waals surface area contributed by atoms with Gasteiger partial charge in [-0.2, -0.15) is 0 Å². The summed E-state index contributed by atoms with van der Waals surface area (Å²) < 4.78 is 11.8. The van der Waals surface area contributed by atoms with E-state index in [2.05, 4.69) is 10.2 Å². The maximum absolute atomic E-state index is 13.8. The van der Waals surface area contributed by atoms with E-state index in [0.717, 1.165) is 48.9 Å². The number of methoxy groups -OCH3 is 1. The monoisotopic (exact) mass is 415 g/mol. The molecule has 6 heteroatoms. The number of carbonyl (C=O) groups excluding carboxylic acids is 1. The van der Waals surface area contributed by atoms with Crippen LogP contribution in [0.1, 0.15) is 15.9 Å². The number of carbonyl (C=O) groups is 1. The van der Waals surface area contributed by atoms with Crippen LogP contribution < -0.4 is 24.6 Å². The molecular formula is C25H25N3O3. The number of benzene rings is 3. The highest BCUT2D eigenvalue weighted by Gasteiger charge is 2.31. The van der Waals surface area contributed by atoms with Crippen LogP contribution in [-0.2, 0) is 6.54 Å². The lowest BCUT2D eigenvalue weighted by atomic mass is 10.1. The van der Waals surface area contributed by atoms with Crippen molar-refractivity contribution < 1.29 is 14.3 Å². The Balaban J connectivity index is 1.59. The second-order valence-corrected chi connectivity index (χ2v) is 7.70. The van der Waals surface area contributed by atoms with Crippen molar-refractivity contribution in [2.75, 3.05) is 43.1 Å². The first kappa shape index (κ1) is 19.5. The number of amides is 1. The van der Waals surface area contributed by atoms with E-state index in [1.165, 1.54) is 0 Å². The smallest absolute Gasteiger partial charge is 0.262 e. The van der Waals surface area contributed by atoms with Gasteiger partial charge in [-0.3, -0.25) is 4.79 Å². The van der Waals surface area contributed by atoms with Gasteiger partial charge in [-0.25, -0.2) is 0 Å². The SMILES string of the molecule is COc1cccc(CN2C(=O)c3cccc(N4CCNCC4)c3Oc3ccccc32)c1. The third-order valence-electron chi connectivity index (χ3n) is 5.77. The number of ether oxygens (including phenoxy) is 2. The molecule has 5 rings (SSSR count). The van der Waals surface area contributed by atoms with Gasteiger partial charge in [0.2, 0.25) is 0 Å². The standard InChI is InChI=1S/C25H25N3O3/c1-30-19-7-4-6-18(16-19)17-28-21-9-2-3-11-23(21)31-24-20(25(28)29)8-5-10-22(24)27-14-12-26-13-15-27/h2-11,16,26H,12-15,17H2,1H3. The molecule has 158 valence electrons. The Morgan fingerprint density at radius 2 is 1.74 bits per heavy atom. The van der Waals surface area contributed by atoms with Gasteiger partial charge in [-0.15, -0.1) is 0 Å². The summed E-state index contributed by atoms with van der Waals surface area (Å²) in [6.07, 6.45) is 0. The molecule has 1 fully saturated rings. The molecule has 1 saturated heterocycles. The van der Waals surface area contributed by atoms with Crippen LogP contribution in [0.3, 0.4) is 0 Å². The fourth-order valence-corrected chi connectivity index (χ4v) is 4.20. The summed E-state index contributed by atoms with van der Waals surface area (Å²) >= 11 is 0. The minimum Gasteiger partial charge on any atom is -0.497 e. The molecule has 0 unspecified atom stereocenters. The molecule has 2 aliphatic heterocycles. The van der Waals surface area contributed by atoms with Crippen LogP contribution in [0.15, 0.2) is 66.7 Å². The third-order valence-corrected chi connectivity index (χ3v) is 5.77. The maximum atomic E-state index is 13.8. The number of rotatable bonds is 4. The number of para-hydroxylation sites is 3. The molecule has 0 aromatic heterocycles. The number of nitrogens with zero attached hydrogens (tertiary/aromatic N) is 2. The summed E-state index contributed by atoms with van der Waals surface area (Å²) in [5, 5.41) is 3.38. The normalized spacial score (nSPS) is 15.6. The first-order chi connectivity index (χ1) is 15.2. The molecule has 0 radical (unpaired) electrons. The van der Waals surface area contributed by atoms with Gasteiger partial charge in [0.15, 0.2) is 11.5 Å². The second-order valence-electron chi connectivity index (χ2n) is 7.70. The maximum Gasteiger partial charge on any atom is 0.262 e. The molecule has 0 bridgehead atoms. The van der Waals surface area contributed by atoms with Crippen LogP contribution in [0, 0.1) is 0 Å². The highest BCUT2D eigenvalue weighted by Crippen LogP contribution is 2.44. The zero-order chi connectivity index (χ0) is 21.2. The Morgan fingerprint density at radius 1 is 0.968 bits per heavy atom. The first-order valence-electron chi connectivity index (χ1n) is 10.5. The Morgan fingerprint density at radius 3 is 2.58 bits per heavy atom. The molecule has 0 saturated carbocycles. The van der Waals surface area contributed by atoms with Crippen molar-refractivity contribution in [1.82, 2.24) is 5.32 Å². The van der Waals surface area contributed by atoms with Crippen molar-refractivity contribution in [1.29, 1.82) is 0 Å². The summed E-state index contributed by atoms with van der Waals surface area (Å²) in [4.78, 5) is 17.8. The highest BCUT2D eigenvalue weighted by molar-refractivity contribution is 6.10. The zero-order valence-electron chi connectivity index (χ0n) is 17.5. The molecular weight excluding hydrogens is 390 g/mol. The van der Waals surface area contributed by atoms with Crippen molar-refractivity contribution in [3.8, 4) is 17.2 Å². The number of anilines is 2. The summed E-state index contributed by atoms with van der Waals surface area (Å²) in [6.45, 7) is 4.01. The van der Waals surface area contributed by atoms with E-state index in [1.54, 1.807) is 12.0 Å². The zero-order valence-corrected chi connectivity index (χ0v) is 17.5. The Labute approximate surface area is 182 Å². The van der Waals surface area contributed by atoms with Crippen LogP contribution >= 0.6 is 0 Å². The molecule has 3 aromatic carbocycles. The molecule has 1 amide bonds. The Kier molecular flexibility index (Phi) is 5.22. The molecule has 2 heterocycles. The van der Waals surface area contributed by atoms with E-state index >= 15 is 0 Å². The summed E-state index contributed by atoms with van der Waals surface area (Å²) in [7, 11) is 1.65. The van der Waals surface area contributed by atoms with Crippen molar-refractivity contribution in [2.45, 2.75) is 6.54 Å². The molecule has 6 nitrogen and oxygen atoms in total. The van der Waals surface area contributed by atoms with Crippen molar-refractivity contribution in [3.63, 3.8) is 0 Å². The van der Waals surface area contributed by atoms with Crippen molar-refractivity contribution >= 4 is 17.3 Å². The molecule has 2 aliphatic rings. The predicted octanol–water partition coefficient (Wildman–Crippen LogP) is 4.06. The summed E-state index contributed by atoms with van der Waals surface area (Å²) in [5.41, 5.74) is 3.29. The topological polar surface area (TPSA) is 54.0 Å². The summed E-state index contributed by atoms with van der Waals surface area (Å²) in [6, 6.07) is 21.4. The van der Waals surface area contributed by atoms with E-state index in [1.807, 2.05) is 66.7 Å². The largest absolute Gasteiger partial charge is 0.497 e. The lowest BCUT2D eigenvalue weighted by Gasteiger charge is -2.31. The van der Waals surface area contributed by atoms with E-state index in [0.29, 0.717) is 23.6 Å². The van der Waals surface area contributed by atoms with Gasteiger partial charge >= 0.3 is 0 Å². The van der Waals surface area contributed by atoms with Crippen LogP contribution in [-0.4, -0.2) is 39.2 Å². The minimum absolute atomic E-state index is 0.0697. The summed E-state index contributed by atoms with van der Waals surface area (Å²) in [5.74, 6) is 2.01. The van der Waals surface area contributed by atoms with Crippen molar-refractivity contribution in [3.05, 3.63) is 77.9 Å². The van der Waals surface area contributed by atoms with Crippen LogP contribution in [0.25, 0.3) is 0 Å². The number of nitrogens with one attached hydrogen (secondary N) is 1. The Bertz CT molecular complexity index is 1110. The first-order valence-corrected chi connectivity index (χ1v) is 10.5.